The summed E-state index contributed by atoms with van der Waals surface area (Å²) in [6.07, 6.45) is 0.0763. The van der Waals surface area contributed by atoms with E-state index in [0.717, 1.165) is 4.90 Å². The maximum absolute atomic E-state index is 12.6. The predicted octanol–water partition coefficient (Wildman–Crippen LogP) is 1.89. The zero-order valence-corrected chi connectivity index (χ0v) is 12.2. The molecule has 0 spiro atoms. The monoisotopic (exact) mass is 290 g/mol. The minimum absolute atomic E-state index is 0.0268. The van der Waals surface area contributed by atoms with Gasteiger partial charge in [-0.15, -0.1) is 0 Å². The molecule has 1 aliphatic heterocycles. The standard InChI is InChI=1S/C15H18N2O4/c1-8(2)15(3)7-12(18)17(14(15)21)11-5-4-9(16)6-10(11)13(19)20/h4-6,8H,7,16H2,1-3H3,(H,19,20). The molecule has 1 heterocycles. The van der Waals surface area contributed by atoms with Crippen LogP contribution in [0.5, 0.6) is 0 Å². The van der Waals surface area contributed by atoms with Crippen molar-refractivity contribution in [2.24, 2.45) is 11.3 Å². The molecular weight excluding hydrogens is 272 g/mol. The number of nitrogens with two attached hydrogens (primary N) is 1. The molecule has 0 aromatic heterocycles. The number of carbonyl (C=O) groups excluding carboxylic acids is 2. The number of imide groups is 1. The van der Waals surface area contributed by atoms with Gasteiger partial charge in [-0.1, -0.05) is 13.8 Å². The molecule has 1 saturated heterocycles. The van der Waals surface area contributed by atoms with Gasteiger partial charge in [-0.25, -0.2) is 9.69 Å². The Morgan fingerprint density at radius 2 is 2.00 bits per heavy atom. The Labute approximate surface area is 122 Å². The van der Waals surface area contributed by atoms with E-state index in [1.165, 1.54) is 18.2 Å². The lowest BCUT2D eigenvalue weighted by molar-refractivity contribution is -0.126. The van der Waals surface area contributed by atoms with Crippen molar-refractivity contribution < 1.29 is 19.5 Å². The van der Waals surface area contributed by atoms with Gasteiger partial charge in [-0.3, -0.25) is 9.59 Å². The smallest absolute Gasteiger partial charge is 0.337 e. The van der Waals surface area contributed by atoms with Gasteiger partial charge in [0.05, 0.1) is 16.7 Å². The van der Waals surface area contributed by atoms with Crippen LogP contribution in [0.15, 0.2) is 18.2 Å². The zero-order chi connectivity index (χ0) is 15.9. The van der Waals surface area contributed by atoms with Crippen LogP contribution in [0.2, 0.25) is 0 Å². The van der Waals surface area contributed by atoms with Crippen molar-refractivity contribution in [3.05, 3.63) is 23.8 Å². The number of aromatic carboxylic acids is 1. The van der Waals surface area contributed by atoms with E-state index in [9.17, 15) is 19.5 Å². The molecule has 1 fully saturated rings. The number of nitrogens with zero attached hydrogens (tertiary/aromatic N) is 1. The van der Waals surface area contributed by atoms with Crippen LogP contribution < -0.4 is 10.6 Å². The van der Waals surface area contributed by atoms with Crippen LogP contribution in [0.25, 0.3) is 0 Å². The van der Waals surface area contributed by atoms with E-state index in [1.807, 2.05) is 13.8 Å². The van der Waals surface area contributed by atoms with Gasteiger partial charge < -0.3 is 10.8 Å². The van der Waals surface area contributed by atoms with Gasteiger partial charge in [0.1, 0.15) is 0 Å². The highest BCUT2D eigenvalue weighted by Gasteiger charge is 2.51. The molecule has 1 aromatic rings. The number of carboxylic acids is 1. The third-order valence-electron chi connectivity index (χ3n) is 4.23. The number of nitrogen functional groups attached to an aromatic ring is 1. The summed E-state index contributed by atoms with van der Waals surface area (Å²) in [5.41, 5.74) is 4.97. The van der Waals surface area contributed by atoms with E-state index in [1.54, 1.807) is 6.92 Å². The predicted molar refractivity (Wildman–Crippen MR) is 77.9 cm³/mol. The number of rotatable bonds is 3. The Bertz CT molecular complexity index is 639. The maximum Gasteiger partial charge on any atom is 0.337 e. The number of hydrogen-bond acceptors (Lipinski definition) is 4. The average Bonchev–Trinajstić information content (AvgIpc) is 2.62. The first-order valence-corrected chi connectivity index (χ1v) is 6.68. The first kappa shape index (κ1) is 15.0. The van der Waals surface area contributed by atoms with Crippen LogP contribution in [0.4, 0.5) is 11.4 Å². The van der Waals surface area contributed by atoms with Gasteiger partial charge in [0.15, 0.2) is 0 Å². The molecule has 112 valence electrons. The summed E-state index contributed by atoms with van der Waals surface area (Å²) in [4.78, 5) is 37.2. The van der Waals surface area contributed by atoms with Crippen molar-refractivity contribution in [2.45, 2.75) is 27.2 Å². The number of benzene rings is 1. The van der Waals surface area contributed by atoms with E-state index in [4.69, 9.17) is 5.73 Å². The van der Waals surface area contributed by atoms with Crippen molar-refractivity contribution >= 4 is 29.2 Å². The lowest BCUT2D eigenvalue weighted by atomic mass is 9.78. The minimum Gasteiger partial charge on any atom is -0.478 e. The SMILES string of the molecule is CC(C)C1(C)CC(=O)N(c2ccc(N)cc2C(=O)O)C1=O. The van der Waals surface area contributed by atoms with E-state index in [2.05, 4.69) is 0 Å². The van der Waals surface area contributed by atoms with Crippen LogP contribution in [-0.2, 0) is 9.59 Å². The normalized spacial score (nSPS) is 22.2. The van der Waals surface area contributed by atoms with E-state index in [-0.39, 0.29) is 41.1 Å². The third kappa shape index (κ3) is 2.26. The number of anilines is 2. The van der Waals surface area contributed by atoms with Crippen LogP contribution in [0, 0.1) is 11.3 Å². The fourth-order valence-corrected chi connectivity index (χ4v) is 2.45. The van der Waals surface area contributed by atoms with Gasteiger partial charge >= 0.3 is 5.97 Å². The second-order valence-electron chi connectivity index (χ2n) is 5.86. The molecule has 2 amide bonds. The summed E-state index contributed by atoms with van der Waals surface area (Å²) >= 11 is 0. The topological polar surface area (TPSA) is 101 Å². The first-order chi connectivity index (χ1) is 9.68. The fourth-order valence-electron chi connectivity index (χ4n) is 2.45. The largest absolute Gasteiger partial charge is 0.478 e. The Hall–Kier alpha value is -2.37. The van der Waals surface area contributed by atoms with Crippen molar-refractivity contribution in [3.63, 3.8) is 0 Å². The third-order valence-corrected chi connectivity index (χ3v) is 4.23. The van der Waals surface area contributed by atoms with Crippen molar-refractivity contribution in [1.29, 1.82) is 0 Å². The number of carboxylic acid groups (broad SMARTS) is 1. The highest BCUT2D eigenvalue weighted by Crippen LogP contribution is 2.42. The molecule has 1 aromatic carbocycles. The summed E-state index contributed by atoms with van der Waals surface area (Å²) in [7, 11) is 0. The molecular formula is C15H18N2O4. The lowest BCUT2D eigenvalue weighted by Gasteiger charge is -2.26. The summed E-state index contributed by atoms with van der Waals surface area (Å²) in [6.45, 7) is 5.47. The van der Waals surface area contributed by atoms with Gasteiger partial charge in [-0.2, -0.15) is 0 Å². The highest BCUT2D eigenvalue weighted by atomic mass is 16.4. The van der Waals surface area contributed by atoms with Crippen molar-refractivity contribution in [1.82, 2.24) is 0 Å². The van der Waals surface area contributed by atoms with Gasteiger partial charge in [0, 0.05) is 12.1 Å². The maximum atomic E-state index is 12.6. The Morgan fingerprint density at radius 1 is 1.38 bits per heavy atom. The van der Waals surface area contributed by atoms with Gasteiger partial charge in [-0.05, 0) is 31.0 Å². The van der Waals surface area contributed by atoms with Gasteiger partial charge in [0.25, 0.3) is 0 Å². The van der Waals surface area contributed by atoms with Gasteiger partial charge in [0.2, 0.25) is 11.8 Å². The Kier molecular flexibility index (Phi) is 3.49. The number of carbonyl (C=O) groups is 3. The number of hydrogen-bond donors (Lipinski definition) is 2. The van der Waals surface area contributed by atoms with E-state index in [0.29, 0.717) is 0 Å². The minimum atomic E-state index is -1.23. The Morgan fingerprint density at radius 3 is 2.48 bits per heavy atom. The molecule has 1 atom stereocenters. The fraction of sp³-hybridized carbons (Fsp3) is 0.400. The van der Waals surface area contributed by atoms with Crippen LogP contribution in [0.1, 0.15) is 37.6 Å². The van der Waals surface area contributed by atoms with Crippen LogP contribution in [0.3, 0.4) is 0 Å². The molecule has 3 N–H and O–H groups in total. The molecule has 0 aliphatic carbocycles. The molecule has 0 saturated carbocycles. The molecule has 2 rings (SSSR count). The van der Waals surface area contributed by atoms with Crippen LogP contribution in [-0.4, -0.2) is 22.9 Å². The average molecular weight is 290 g/mol. The van der Waals surface area contributed by atoms with Crippen LogP contribution >= 0.6 is 0 Å². The van der Waals surface area contributed by atoms with E-state index >= 15 is 0 Å². The highest BCUT2D eigenvalue weighted by molar-refractivity contribution is 6.24. The quantitative estimate of drug-likeness (QED) is 0.654. The summed E-state index contributed by atoms with van der Waals surface area (Å²) in [5, 5.41) is 9.26. The lowest BCUT2D eigenvalue weighted by Crippen LogP contribution is -2.37. The second kappa shape index (κ2) is 4.87. The first-order valence-electron chi connectivity index (χ1n) is 6.68. The molecule has 0 radical (unpaired) electrons. The van der Waals surface area contributed by atoms with Crippen molar-refractivity contribution in [3.8, 4) is 0 Å². The molecule has 0 bridgehead atoms. The zero-order valence-electron chi connectivity index (χ0n) is 12.2. The summed E-state index contributed by atoms with van der Waals surface area (Å²) in [5.74, 6) is -2.00. The van der Waals surface area contributed by atoms with Crippen molar-refractivity contribution in [2.75, 3.05) is 10.6 Å². The Balaban J connectivity index is 2.56. The number of amides is 2. The second-order valence-corrected chi connectivity index (χ2v) is 5.86. The molecule has 21 heavy (non-hydrogen) atoms. The summed E-state index contributed by atoms with van der Waals surface area (Å²) < 4.78 is 0. The summed E-state index contributed by atoms with van der Waals surface area (Å²) in [6, 6.07) is 4.14. The van der Waals surface area contributed by atoms with E-state index < -0.39 is 11.4 Å². The molecule has 1 unspecified atom stereocenters. The molecule has 6 heteroatoms. The molecule has 6 nitrogen and oxygen atoms in total. The molecule has 1 aliphatic rings.